The van der Waals surface area contributed by atoms with Gasteiger partial charge in [0.1, 0.15) is 0 Å². The van der Waals surface area contributed by atoms with Crippen molar-refractivity contribution < 1.29 is 0 Å². The summed E-state index contributed by atoms with van der Waals surface area (Å²) in [5.41, 5.74) is 4.98. The van der Waals surface area contributed by atoms with Gasteiger partial charge in [-0.05, 0) is 30.0 Å². The van der Waals surface area contributed by atoms with Gasteiger partial charge in [0.2, 0.25) is 0 Å². The van der Waals surface area contributed by atoms with E-state index in [2.05, 4.69) is 43.3 Å². The Hall–Kier alpha value is -2.84. The second kappa shape index (κ2) is 5.88. The van der Waals surface area contributed by atoms with Crippen molar-refractivity contribution in [2.45, 2.75) is 19.3 Å². The average Bonchev–Trinajstić information content (AvgIpc) is 2.56. The number of allylic oxidation sites excluding steroid dienone is 2. The molecule has 0 saturated heterocycles. The maximum Gasteiger partial charge on any atom is 0.0994 e. The summed E-state index contributed by atoms with van der Waals surface area (Å²) in [6.45, 7) is 2.06. The zero-order valence-corrected chi connectivity index (χ0v) is 12.5. The van der Waals surface area contributed by atoms with E-state index < -0.39 is 0 Å². The lowest BCUT2D eigenvalue weighted by Gasteiger charge is -2.26. The van der Waals surface area contributed by atoms with E-state index in [1.807, 2.05) is 30.3 Å². The van der Waals surface area contributed by atoms with E-state index in [0.717, 1.165) is 17.5 Å². The van der Waals surface area contributed by atoms with Crippen LogP contribution < -0.4 is 0 Å². The lowest BCUT2D eigenvalue weighted by atomic mass is 9.75. The zero-order valence-electron chi connectivity index (χ0n) is 12.5. The molecule has 1 aliphatic rings. The number of nitrogens with zero attached hydrogens (tertiary/aromatic N) is 2. The van der Waals surface area contributed by atoms with Crippen LogP contribution in [0.3, 0.4) is 0 Å². The summed E-state index contributed by atoms with van der Waals surface area (Å²) in [5, 5.41) is 19.0. The number of nitriles is 2. The van der Waals surface area contributed by atoms with Gasteiger partial charge in [-0.25, -0.2) is 0 Å². The topological polar surface area (TPSA) is 47.6 Å². The third kappa shape index (κ3) is 2.52. The summed E-state index contributed by atoms with van der Waals surface area (Å²) in [6.07, 6.45) is 2.74. The maximum absolute atomic E-state index is 9.63. The second-order valence-electron chi connectivity index (χ2n) is 5.74. The van der Waals surface area contributed by atoms with Gasteiger partial charge in [-0.3, -0.25) is 0 Å². The molecule has 3 rings (SSSR count). The van der Waals surface area contributed by atoms with Crippen molar-refractivity contribution in [1.82, 2.24) is 0 Å². The third-order valence-electron chi connectivity index (χ3n) is 4.25. The predicted molar refractivity (Wildman–Crippen MR) is 86.8 cm³/mol. The fourth-order valence-electron chi connectivity index (χ4n) is 3.08. The molecule has 2 nitrogen and oxygen atoms in total. The Morgan fingerprint density at radius 3 is 2.41 bits per heavy atom. The molecule has 22 heavy (non-hydrogen) atoms. The first-order valence-corrected chi connectivity index (χ1v) is 7.39. The van der Waals surface area contributed by atoms with Crippen LogP contribution in [-0.4, -0.2) is 0 Å². The highest BCUT2D eigenvalue weighted by Crippen LogP contribution is 2.39. The average molecular weight is 284 g/mol. The zero-order chi connectivity index (χ0) is 15.5. The fourth-order valence-corrected chi connectivity index (χ4v) is 3.08. The summed E-state index contributed by atoms with van der Waals surface area (Å²) in [7, 11) is 0. The van der Waals surface area contributed by atoms with Crippen LogP contribution >= 0.6 is 0 Å². The Kier molecular flexibility index (Phi) is 3.77. The minimum atomic E-state index is -0.199. The maximum atomic E-state index is 9.63. The monoisotopic (exact) mass is 284 g/mol. The molecule has 106 valence electrons. The molecule has 2 atom stereocenters. The Labute approximate surface area is 130 Å². The minimum Gasteiger partial charge on any atom is -0.198 e. The Morgan fingerprint density at radius 2 is 1.73 bits per heavy atom. The molecule has 0 saturated carbocycles. The number of aryl methyl sites for hydroxylation is 1. The molecule has 0 spiro atoms. The van der Waals surface area contributed by atoms with E-state index in [4.69, 9.17) is 0 Å². The molecule has 0 amide bonds. The number of benzene rings is 2. The van der Waals surface area contributed by atoms with Gasteiger partial charge in [0.05, 0.1) is 23.6 Å². The van der Waals surface area contributed by atoms with Crippen molar-refractivity contribution in [3.05, 3.63) is 76.9 Å². The van der Waals surface area contributed by atoms with Crippen molar-refractivity contribution in [1.29, 1.82) is 10.5 Å². The van der Waals surface area contributed by atoms with Crippen LogP contribution in [0.5, 0.6) is 0 Å². The van der Waals surface area contributed by atoms with Crippen molar-refractivity contribution in [3.63, 3.8) is 0 Å². The number of hydrogen-bond acceptors (Lipinski definition) is 2. The molecule has 2 aromatic carbocycles. The molecule has 2 heteroatoms. The predicted octanol–water partition coefficient (Wildman–Crippen LogP) is 4.38. The van der Waals surface area contributed by atoms with Crippen molar-refractivity contribution in [2.24, 2.45) is 5.92 Å². The highest BCUT2D eigenvalue weighted by atomic mass is 14.4. The van der Waals surface area contributed by atoms with Gasteiger partial charge in [-0.15, -0.1) is 0 Å². The highest BCUT2D eigenvalue weighted by Gasteiger charge is 2.29. The molecule has 0 radical (unpaired) electrons. The van der Waals surface area contributed by atoms with E-state index in [9.17, 15) is 10.5 Å². The lowest BCUT2D eigenvalue weighted by molar-refractivity contribution is 0.582. The summed E-state index contributed by atoms with van der Waals surface area (Å²) in [6, 6.07) is 20.8. The van der Waals surface area contributed by atoms with Gasteiger partial charge in [0.15, 0.2) is 0 Å². The van der Waals surface area contributed by atoms with Crippen LogP contribution in [0, 0.1) is 35.5 Å². The summed E-state index contributed by atoms with van der Waals surface area (Å²) >= 11 is 0. The van der Waals surface area contributed by atoms with Crippen LogP contribution in [0.4, 0.5) is 0 Å². The molecular weight excluding hydrogens is 268 g/mol. The molecule has 0 unspecified atom stereocenters. The minimum absolute atomic E-state index is 0.0391. The van der Waals surface area contributed by atoms with Crippen molar-refractivity contribution in [2.75, 3.05) is 0 Å². The van der Waals surface area contributed by atoms with Crippen molar-refractivity contribution in [3.8, 4) is 12.1 Å². The first-order valence-electron chi connectivity index (χ1n) is 7.39. The number of fused-ring (bicyclic) bond motifs is 1. The normalized spacial score (nSPS) is 19.5. The van der Waals surface area contributed by atoms with E-state index in [1.165, 1.54) is 11.1 Å². The highest BCUT2D eigenvalue weighted by molar-refractivity contribution is 5.81. The summed E-state index contributed by atoms with van der Waals surface area (Å²) < 4.78 is 0. The van der Waals surface area contributed by atoms with E-state index in [0.29, 0.717) is 5.57 Å². The first kappa shape index (κ1) is 14.1. The Bertz CT molecular complexity index is 801. The van der Waals surface area contributed by atoms with Gasteiger partial charge in [0, 0.05) is 5.92 Å². The molecule has 1 aliphatic carbocycles. The molecule has 0 fully saturated rings. The lowest BCUT2D eigenvalue weighted by Crippen LogP contribution is -2.18. The molecule has 0 aromatic heterocycles. The molecule has 0 heterocycles. The van der Waals surface area contributed by atoms with Gasteiger partial charge in [0.25, 0.3) is 0 Å². The van der Waals surface area contributed by atoms with Crippen LogP contribution in [0.25, 0.3) is 5.57 Å². The van der Waals surface area contributed by atoms with E-state index >= 15 is 0 Å². The quantitative estimate of drug-likeness (QED) is 0.821. The molecule has 0 aliphatic heterocycles. The van der Waals surface area contributed by atoms with Crippen LogP contribution in [-0.2, 0) is 6.42 Å². The van der Waals surface area contributed by atoms with Crippen LogP contribution in [0.15, 0.2) is 54.6 Å². The molecule has 0 N–H and O–H groups in total. The van der Waals surface area contributed by atoms with Gasteiger partial charge >= 0.3 is 0 Å². The fraction of sp³-hybridized carbons (Fsp3) is 0.200. The molecule has 0 bridgehead atoms. The standard InChI is InChI=1S/C20H16N2/c1-14-6-8-15(9-7-14)10-16-11-17(12-21)18-4-2-3-5-19(18)20(16)13-22/h2-9,11,16,20H,10H2,1H3/t16-,20-/m0/s1. The molecular formula is C20H16N2. The third-order valence-corrected chi connectivity index (χ3v) is 4.25. The van der Waals surface area contributed by atoms with Gasteiger partial charge in [-0.1, -0.05) is 60.2 Å². The van der Waals surface area contributed by atoms with Gasteiger partial charge < -0.3 is 0 Å². The number of hydrogen-bond donors (Lipinski definition) is 0. The van der Waals surface area contributed by atoms with E-state index in [1.54, 1.807) is 0 Å². The van der Waals surface area contributed by atoms with Crippen molar-refractivity contribution >= 4 is 5.57 Å². The molecule has 2 aromatic rings. The summed E-state index contributed by atoms with van der Waals surface area (Å²) in [4.78, 5) is 0. The SMILES string of the molecule is Cc1ccc(C[C@H]2C=C(C#N)c3ccccc3[C@H]2C#N)cc1. The largest absolute Gasteiger partial charge is 0.198 e. The summed E-state index contributed by atoms with van der Waals surface area (Å²) in [5.74, 6) is -0.160. The number of rotatable bonds is 2. The Morgan fingerprint density at radius 1 is 1.00 bits per heavy atom. The second-order valence-corrected chi connectivity index (χ2v) is 5.74. The Balaban J connectivity index is 2.00. The van der Waals surface area contributed by atoms with Crippen LogP contribution in [0.2, 0.25) is 0 Å². The van der Waals surface area contributed by atoms with Crippen LogP contribution in [0.1, 0.15) is 28.2 Å². The smallest absolute Gasteiger partial charge is 0.0994 e. The van der Waals surface area contributed by atoms with E-state index in [-0.39, 0.29) is 11.8 Å². The first-order chi connectivity index (χ1) is 10.7. The van der Waals surface area contributed by atoms with Gasteiger partial charge in [-0.2, -0.15) is 10.5 Å².